The Kier molecular flexibility index (Phi) is 5.45. The van der Waals surface area contributed by atoms with Gasteiger partial charge in [-0.15, -0.1) is 11.3 Å². The van der Waals surface area contributed by atoms with Crippen LogP contribution < -0.4 is 5.32 Å². The summed E-state index contributed by atoms with van der Waals surface area (Å²) in [6, 6.07) is 17.1. The Morgan fingerprint density at radius 2 is 1.66 bits per heavy atom. The van der Waals surface area contributed by atoms with E-state index in [0.717, 1.165) is 32.6 Å². The van der Waals surface area contributed by atoms with E-state index in [2.05, 4.69) is 107 Å². The topological polar surface area (TPSA) is 37.8 Å². The van der Waals surface area contributed by atoms with Gasteiger partial charge < -0.3 is 5.32 Å². The standard InChI is InChI=1S/C24H24BrN3S/c1-5-19-20(15-6-10-17(25)11-7-15)21-22(26-14-27-23(21)29-19)28-18-12-8-16(9-13-18)24(2,3)4/h6-14H,5H2,1-4H3,(H,26,27,28). The maximum Gasteiger partial charge on any atom is 0.143 e. The number of thiophene rings is 1. The first kappa shape index (κ1) is 20.0. The van der Waals surface area contributed by atoms with Gasteiger partial charge in [-0.05, 0) is 47.2 Å². The Labute approximate surface area is 184 Å². The van der Waals surface area contributed by atoms with E-state index in [-0.39, 0.29) is 5.41 Å². The Morgan fingerprint density at radius 1 is 0.966 bits per heavy atom. The van der Waals surface area contributed by atoms with E-state index in [1.54, 1.807) is 17.7 Å². The Morgan fingerprint density at radius 3 is 2.28 bits per heavy atom. The van der Waals surface area contributed by atoms with E-state index < -0.39 is 0 Å². The highest BCUT2D eigenvalue weighted by atomic mass is 79.9. The molecule has 2 aromatic carbocycles. The van der Waals surface area contributed by atoms with Crippen molar-refractivity contribution in [1.82, 2.24) is 9.97 Å². The third-order valence-electron chi connectivity index (χ3n) is 5.03. The van der Waals surface area contributed by atoms with E-state index in [1.807, 2.05) is 0 Å². The van der Waals surface area contributed by atoms with Gasteiger partial charge in [0.2, 0.25) is 0 Å². The molecule has 0 unspecified atom stereocenters. The monoisotopic (exact) mass is 465 g/mol. The summed E-state index contributed by atoms with van der Waals surface area (Å²) >= 11 is 5.29. The molecular formula is C24H24BrN3S. The Hall–Kier alpha value is -2.24. The Bertz CT molecular complexity index is 1140. The normalized spacial score (nSPS) is 11.8. The fourth-order valence-corrected chi connectivity index (χ4v) is 4.80. The molecule has 29 heavy (non-hydrogen) atoms. The molecule has 0 radical (unpaired) electrons. The number of fused-ring (bicyclic) bond motifs is 1. The summed E-state index contributed by atoms with van der Waals surface area (Å²) in [5.74, 6) is 0.854. The lowest BCUT2D eigenvalue weighted by Crippen LogP contribution is -2.10. The van der Waals surface area contributed by atoms with Crippen molar-refractivity contribution in [3.05, 3.63) is 69.8 Å². The first-order valence-corrected chi connectivity index (χ1v) is 11.4. The molecule has 0 spiro atoms. The van der Waals surface area contributed by atoms with Gasteiger partial charge in [-0.3, -0.25) is 0 Å². The number of hydrogen-bond acceptors (Lipinski definition) is 4. The van der Waals surface area contributed by atoms with Crippen molar-refractivity contribution in [2.24, 2.45) is 0 Å². The van der Waals surface area contributed by atoms with E-state index in [0.29, 0.717) is 0 Å². The van der Waals surface area contributed by atoms with Gasteiger partial charge in [0.15, 0.2) is 0 Å². The van der Waals surface area contributed by atoms with Crippen molar-refractivity contribution in [3.63, 3.8) is 0 Å². The Balaban J connectivity index is 1.81. The molecule has 2 heterocycles. The second-order valence-corrected chi connectivity index (χ2v) is 10.1. The van der Waals surface area contributed by atoms with Crippen LogP contribution in [0.25, 0.3) is 21.3 Å². The summed E-state index contributed by atoms with van der Waals surface area (Å²) in [5, 5.41) is 4.62. The predicted molar refractivity (Wildman–Crippen MR) is 128 cm³/mol. The lowest BCUT2D eigenvalue weighted by atomic mass is 9.87. The minimum Gasteiger partial charge on any atom is -0.340 e. The third kappa shape index (κ3) is 4.07. The number of aryl methyl sites for hydroxylation is 1. The highest BCUT2D eigenvalue weighted by Gasteiger charge is 2.19. The van der Waals surface area contributed by atoms with Crippen molar-refractivity contribution in [2.45, 2.75) is 39.5 Å². The molecule has 0 bridgehead atoms. The molecular weight excluding hydrogens is 442 g/mol. The molecule has 0 aliphatic rings. The zero-order chi connectivity index (χ0) is 20.6. The van der Waals surface area contributed by atoms with Crippen LogP contribution in [-0.2, 0) is 11.8 Å². The highest BCUT2D eigenvalue weighted by Crippen LogP contribution is 2.42. The molecule has 4 rings (SSSR count). The molecule has 0 atom stereocenters. The largest absolute Gasteiger partial charge is 0.340 e. The van der Waals surface area contributed by atoms with E-state index >= 15 is 0 Å². The van der Waals surface area contributed by atoms with Gasteiger partial charge in [0.25, 0.3) is 0 Å². The SMILES string of the molecule is CCc1sc2ncnc(Nc3ccc(C(C)(C)C)cc3)c2c1-c1ccc(Br)cc1. The number of benzene rings is 2. The maximum absolute atomic E-state index is 4.60. The lowest BCUT2D eigenvalue weighted by Gasteiger charge is -2.19. The van der Waals surface area contributed by atoms with Crippen LogP contribution in [0, 0.1) is 0 Å². The van der Waals surface area contributed by atoms with E-state index in [1.165, 1.54) is 21.6 Å². The number of anilines is 2. The van der Waals surface area contributed by atoms with Crippen LogP contribution >= 0.6 is 27.3 Å². The molecule has 0 aliphatic carbocycles. The van der Waals surface area contributed by atoms with Gasteiger partial charge in [0, 0.05) is 20.6 Å². The summed E-state index contributed by atoms with van der Waals surface area (Å²) in [6.07, 6.45) is 2.61. The van der Waals surface area contributed by atoms with E-state index in [9.17, 15) is 0 Å². The van der Waals surface area contributed by atoms with Gasteiger partial charge in [0.1, 0.15) is 17.0 Å². The number of halogens is 1. The van der Waals surface area contributed by atoms with Gasteiger partial charge in [-0.1, -0.05) is 67.9 Å². The van der Waals surface area contributed by atoms with Gasteiger partial charge in [0.05, 0.1) is 5.39 Å². The zero-order valence-electron chi connectivity index (χ0n) is 17.1. The summed E-state index contributed by atoms with van der Waals surface area (Å²) < 4.78 is 1.08. The summed E-state index contributed by atoms with van der Waals surface area (Å²) in [5.41, 5.74) is 4.91. The molecule has 0 fully saturated rings. The van der Waals surface area contributed by atoms with Crippen LogP contribution in [-0.4, -0.2) is 9.97 Å². The van der Waals surface area contributed by atoms with Crippen molar-refractivity contribution < 1.29 is 0 Å². The quantitative estimate of drug-likeness (QED) is 0.335. The fraction of sp³-hybridized carbons (Fsp3) is 0.250. The molecule has 0 saturated carbocycles. The average molecular weight is 466 g/mol. The van der Waals surface area contributed by atoms with Crippen molar-refractivity contribution in [1.29, 1.82) is 0 Å². The number of nitrogens with one attached hydrogen (secondary N) is 1. The van der Waals surface area contributed by atoms with E-state index in [4.69, 9.17) is 0 Å². The average Bonchev–Trinajstić information content (AvgIpc) is 3.08. The van der Waals surface area contributed by atoms with Crippen molar-refractivity contribution >= 4 is 49.0 Å². The summed E-state index contributed by atoms with van der Waals surface area (Å²) in [7, 11) is 0. The second kappa shape index (κ2) is 7.88. The first-order valence-electron chi connectivity index (χ1n) is 9.76. The molecule has 148 valence electrons. The van der Waals surface area contributed by atoms with Crippen LogP contribution in [0.3, 0.4) is 0 Å². The molecule has 4 aromatic rings. The van der Waals surface area contributed by atoms with Gasteiger partial charge >= 0.3 is 0 Å². The minimum atomic E-state index is 0.138. The maximum atomic E-state index is 4.60. The smallest absolute Gasteiger partial charge is 0.143 e. The zero-order valence-corrected chi connectivity index (χ0v) is 19.5. The third-order valence-corrected chi connectivity index (χ3v) is 6.80. The molecule has 2 aromatic heterocycles. The number of rotatable bonds is 4. The molecule has 0 amide bonds. The summed E-state index contributed by atoms with van der Waals surface area (Å²) in [4.78, 5) is 11.5. The predicted octanol–water partition coefficient (Wildman–Crippen LogP) is 7.72. The molecule has 5 heteroatoms. The van der Waals surface area contributed by atoms with Gasteiger partial charge in [-0.25, -0.2) is 9.97 Å². The second-order valence-electron chi connectivity index (χ2n) is 8.12. The number of aromatic nitrogens is 2. The van der Waals surface area contributed by atoms with Crippen molar-refractivity contribution in [2.75, 3.05) is 5.32 Å². The minimum absolute atomic E-state index is 0.138. The van der Waals surface area contributed by atoms with Crippen LogP contribution in [0.15, 0.2) is 59.3 Å². The van der Waals surface area contributed by atoms with Gasteiger partial charge in [-0.2, -0.15) is 0 Å². The van der Waals surface area contributed by atoms with Crippen LogP contribution in [0.4, 0.5) is 11.5 Å². The van der Waals surface area contributed by atoms with Crippen molar-refractivity contribution in [3.8, 4) is 11.1 Å². The van der Waals surface area contributed by atoms with Crippen LogP contribution in [0.5, 0.6) is 0 Å². The molecule has 0 aliphatic heterocycles. The first-order chi connectivity index (χ1) is 13.9. The highest BCUT2D eigenvalue weighted by molar-refractivity contribution is 9.10. The lowest BCUT2D eigenvalue weighted by molar-refractivity contribution is 0.590. The van der Waals surface area contributed by atoms with Crippen LogP contribution in [0.2, 0.25) is 0 Å². The molecule has 1 N–H and O–H groups in total. The number of hydrogen-bond donors (Lipinski definition) is 1. The summed E-state index contributed by atoms with van der Waals surface area (Å²) in [6.45, 7) is 8.88. The van der Waals surface area contributed by atoms with Crippen LogP contribution in [0.1, 0.15) is 38.1 Å². The fourth-order valence-electron chi connectivity index (χ4n) is 3.44. The molecule has 3 nitrogen and oxygen atoms in total. The molecule has 0 saturated heterocycles. The number of nitrogens with zero attached hydrogens (tertiary/aromatic N) is 2.